The van der Waals surface area contributed by atoms with Crippen LogP contribution in [0, 0.1) is 5.92 Å². The predicted molar refractivity (Wildman–Crippen MR) is 92.5 cm³/mol. The molecule has 3 rings (SSSR count). The van der Waals surface area contributed by atoms with Gasteiger partial charge in [0.15, 0.2) is 0 Å². The second-order valence-corrected chi connectivity index (χ2v) is 6.95. The minimum absolute atomic E-state index is 0.107. The molecule has 24 heavy (non-hydrogen) atoms. The fraction of sp³-hybridized carbons (Fsp3) is 0.500. The first-order chi connectivity index (χ1) is 11.6. The van der Waals surface area contributed by atoms with E-state index in [-0.39, 0.29) is 17.9 Å². The Morgan fingerprint density at radius 2 is 2.12 bits per heavy atom. The van der Waals surface area contributed by atoms with Crippen LogP contribution in [0.4, 0.5) is 4.79 Å². The van der Waals surface area contributed by atoms with E-state index in [0.29, 0.717) is 19.4 Å². The third-order valence-electron chi connectivity index (χ3n) is 4.81. The molecule has 1 aromatic rings. The average Bonchev–Trinajstić information content (AvgIpc) is 3.18. The normalized spacial score (nSPS) is 21.5. The van der Waals surface area contributed by atoms with E-state index in [9.17, 15) is 9.59 Å². The van der Waals surface area contributed by atoms with Gasteiger partial charge in [-0.05, 0) is 43.6 Å². The number of carbonyl (C=O) groups excluding carboxylic acids is 2. The van der Waals surface area contributed by atoms with Crippen molar-refractivity contribution >= 4 is 12.0 Å². The summed E-state index contributed by atoms with van der Waals surface area (Å²) >= 11 is 0. The van der Waals surface area contributed by atoms with E-state index in [2.05, 4.69) is 13.0 Å². The van der Waals surface area contributed by atoms with Crippen LogP contribution in [0.1, 0.15) is 44.6 Å². The largest absolute Gasteiger partial charge is 0.447 e. The van der Waals surface area contributed by atoms with Crippen LogP contribution in [0.25, 0.3) is 0 Å². The third-order valence-corrected chi connectivity index (χ3v) is 4.81. The van der Waals surface area contributed by atoms with E-state index in [1.807, 2.05) is 30.3 Å². The fourth-order valence-corrected chi connectivity index (χ4v) is 3.64. The number of hydrogen-bond acceptors (Lipinski definition) is 3. The quantitative estimate of drug-likeness (QED) is 0.739. The van der Waals surface area contributed by atoms with E-state index < -0.39 is 6.09 Å². The zero-order valence-corrected chi connectivity index (χ0v) is 14.2. The lowest BCUT2D eigenvalue weighted by molar-refractivity contribution is -0.130. The molecule has 2 amide bonds. The number of imide groups is 1. The molecule has 0 saturated carbocycles. The van der Waals surface area contributed by atoms with Crippen LogP contribution in [-0.4, -0.2) is 29.5 Å². The van der Waals surface area contributed by atoms with Gasteiger partial charge in [0.25, 0.3) is 0 Å². The average molecular weight is 327 g/mol. The first-order valence-electron chi connectivity index (χ1n) is 8.84. The molecule has 0 aromatic heterocycles. The van der Waals surface area contributed by atoms with Crippen LogP contribution < -0.4 is 0 Å². The second-order valence-electron chi connectivity index (χ2n) is 6.95. The van der Waals surface area contributed by atoms with E-state index in [4.69, 9.17) is 4.74 Å². The number of hydrogen-bond donors (Lipinski definition) is 0. The minimum Gasteiger partial charge on any atom is -0.447 e. The van der Waals surface area contributed by atoms with Crippen molar-refractivity contribution in [2.24, 2.45) is 5.92 Å². The summed E-state index contributed by atoms with van der Waals surface area (Å²) in [5.74, 6) is 0.150. The van der Waals surface area contributed by atoms with Crippen molar-refractivity contribution in [1.82, 2.24) is 4.90 Å². The molecule has 1 saturated heterocycles. The number of benzene rings is 1. The molecular weight excluding hydrogens is 302 g/mol. The molecular formula is C20H25NO3. The van der Waals surface area contributed by atoms with Crippen LogP contribution in [0.3, 0.4) is 0 Å². The van der Waals surface area contributed by atoms with Crippen LogP contribution in [0.2, 0.25) is 0 Å². The van der Waals surface area contributed by atoms with Crippen molar-refractivity contribution in [3.63, 3.8) is 0 Å². The first-order valence-corrected chi connectivity index (χ1v) is 8.84. The summed E-state index contributed by atoms with van der Waals surface area (Å²) < 4.78 is 5.14. The van der Waals surface area contributed by atoms with Crippen LogP contribution in [-0.2, 0) is 16.0 Å². The first kappa shape index (κ1) is 16.7. The molecule has 128 valence electrons. The molecule has 1 heterocycles. The van der Waals surface area contributed by atoms with E-state index in [1.54, 1.807) is 0 Å². The van der Waals surface area contributed by atoms with Gasteiger partial charge in [-0.3, -0.25) is 4.79 Å². The zero-order valence-electron chi connectivity index (χ0n) is 14.2. The molecule has 0 radical (unpaired) electrons. The molecule has 1 fully saturated rings. The summed E-state index contributed by atoms with van der Waals surface area (Å²) in [7, 11) is 0. The van der Waals surface area contributed by atoms with Gasteiger partial charge in [-0.15, -0.1) is 0 Å². The van der Waals surface area contributed by atoms with Gasteiger partial charge < -0.3 is 4.74 Å². The summed E-state index contributed by atoms with van der Waals surface area (Å²) in [5, 5.41) is 0. The Balaban J connectivity index is 1.59. The monoisotopic (exact) mass is 327 g/mol. The van der Waals surface area contributed by atoms with Gasteiger partial charge >= 0.3 is 6.09 Å². The van der Waals surface area contributed by atoms with Gasteiger partial charge in [-0.25, -0.2) is 9.69 Å². The Hall–Kier alpha value is -2.10. The number of amides is 2. The van der Waals surface area contributed by atoms with Gasteiger partial charge in [0, 0.05) is 6.42 Å². The van der Waals surface area contributed by atoms with Crippen LogP contribution in [0.5, 0.6) is 0 Å². The lowest BCUT2D eigenvalue weighted by atomic mass is 9.96. The van der Waals surface area contributed by atoms with Gasteiger partial charge in [-0.2, -0.15) is 0 Å². The third kappa shape index (κ3) is 4.05. The van der Waals surface area contributed by atoms with Crippen molar-refractivity contribution < 1.29 is 14.3 Å². The SMILES string of the molecule is C[C@H](CC(=O)N1C(=O)OC[C@@H]1Cc1ccccc1)CC1=CCCC1. The molecule has 0 bridgehead atoms. The lowest BCUT2D eigenvalue weighted by Crippen LogP contribution is -2.40. The topological polar surface area (TPSA) is 46.6 Å². The van der Waals surface area contributed by atoms with Crippen molar-refractivity contribution in [3.8, 4) is 0 Å². The summed E-state index contributed by atoms with van der Waals surface area (Å²) in [6.45, 7) is 2.38. The maximum atomic E-state index is 12.6. The van der Waals surface area contributed by atoms with E-state index in [0.717, 1.165) is 24.8 Å². The highest BCUT2D eigenvalue weighted by Crippen LogP contribution is 2.27. The molecule has 0 unspecified atom stereocenters. The molecule has 4 heteroatoms. The smallest absolute Gasteiger partial charge is 0.416 e. The number of ether oxygens (including phenoxy) is 1. The molecule has 1 aromatic carbocycles. The standard InChI is InChI=1S/C20H25NO3/c1-15(11-16-9-5-6-10-16)12-19(22)21-18(14-24-20(21)23)13-17-7-3-2-4-8-17/h2-4,7-9,15,18H,5-6,10-14H2,1H3/t15-,18-/m0/s1. The highest BCUT2D eigenvalue weighted by Gasteiger charge is 2.38. The van der Waals surface area contributed by atoms with Gasteiger partial charge in [0.1, 0.15) is 6.61 Å². The van der Waals surface area contributed by atoms with E-state index >= 15 is 0 Å². The second kappa shape index (κ2) is 7.65. The molecule has 2 aliphatic rings. The zero-order chi connectivity index (χ0) is 16.9. The Bertz CT molecular complexity index is 623. The molecule has 1 aliphatic heterocycles. The maximum Gasteiger partial charge on any atom is 0.416 e. The summed E-state index contributed by atoms with van der Waals surface area (Å²) in [4.78, 5) is 26.0. The summed E-state index contributed by atoms with van der Waals surface area (Å²) in [5.41, 5.74) is 2.57. The van der Waals surface area contributed by atoms with Crippen molar-refractivity contribution in [2.75, 3.05) is 6.61 Å². The predicted octanol–water partition coefficient (Wildman–Crippen LogP) is 4.10. The highest BCUT2D eigenvalue weighted by molar-refractivity contribution is 5.93. The van der Waals surface area contributed by atoms with Crippen LogP contribution in [0.15, 0.2) is 42.0 Å². The number of rotatable bonds is 6. The van der Waals surface area contributed by atoms with Crippen molar-refractivity contribution in [2.45, 2.75) is 51.5 Å². The molecule has 1 aliphatic carbocycles. The van der Waals surface area contributed by atoms with Crippen LogP contribution >= 0.6 is 0 Å². The van der Waals surface area contributed by atoms with Gasteiger partial charge in [0.05, 0.1) is 6.04 Å². The Morgan fingerprint density at radius 3 is 2.83 bits per heavy atom. The summed E-state index contributed by atoms with van der Waals surface area (Å²) in [6, 6.07) is 9.74. The Labute approximate surface area is 143 Å². The Morgan fingerprint density at radius 1 is 1.33 bits per heavy atom. The van der Waals surface area contributed by atoms with Gasteiger partial charge in [-0.1, -0.05) is 48.9 Å². The Kier molecular flexibility index (Phi) is 5.34. The number of carbonyl (C=O) groups is 2. The van der Waals surface area contributed by atoms with Crippen molar-refractivity contribution in [1.29, 1.82) is 0 Å². The molecule has 0 spiro atoms. The van der Waals surface area contributed by atoms with E-state index in [1.165, 1.54) is 16.9 Å². The number of allylic oxidation sites excluding steroid dienone is 2. The van der Waals surface area contributed by atoms with Gasteiger partial charge in [0.2, 0.25) is 5.91 Å². The lowest BCUT2D eigenvalue weighted by Gasteiger charge is -2.21. The molecule has 0 N–H and O–H groups in total. The maximum absolute atomic E-state index is 12.6. The van der Waals surface area contributed by atoms with Crippen molar-refractivity contribution in [3.05, 3.63) is 47.5 Å². The minimum atomic E-state index is -0.492. The fourth-order valence-electron chi connectivity index (χ4n) is 3.64. The number of nitrogens with zero attached hydrogens (tertiary/aromatic N) is 1. The summed E-state index contributed by atoms with van der Waals surface area (Å²) in [6.07, 6.45) is 7.35. The highest BCUT2D eigenvalue weighted by atomic mass is 16.6. The molecule has 2 atom stereocenters. The molecule has 4 nitrogen and oxygen atoms in total. The number of cyclic esters (lactones) is 1.